The number of nitrogens with zero attached hydrogens (tertiary/aromatic N) is 2. The number of methoxy groups -OCH3 is 2. The van der Waals surface area contributed by atoms with Gasteiger partial charge in [0.05, 0.1) is 32.0 Å². The monoisotopic (exact) mass is 412 g/mol. The molecule has 0 aliphatic rings. The van der Waals surface area contributed by atoms with Crippen LogP contribution in [0.2, 0.25) is 0 Å². The smallest absolute Gasteiger partial charge is 0.275 e. The summed E-state index contributed by atoms with van der Waals surface area (Å²) in [5.41, 5.74) is 3.97. The molecule has 0 saturated carbocycles. The molecule has 1 aromatic heterocycles. The molecule has 0 amide bonds. The molecule has 1 heterocycles. The molecule has 0 saturated heterocycles. The van der Waals surface area contributed by atoms with E-state index >= 15 is 0 Å². The van der Waals surface area contributed by atoms with Gasteiger partial charge in [0.25, 0.3) is 5.56 Å². The standard InChI is InChI=1S/C26H24N2O3/c1-18(19-7-5-4-6-8-19)28-26(29)25(21-11-15-23(31-3)16-12-21)24(17-27-28)20-9-13-22(30-2)14-10-20/h4-18H,1-3H3. The Labute approximate surface area is 181 Å². The Kier molecular flexibility index (Phi) is 5.85. The summed E-state index contributed by atoms with van der Waals surface area (Å²) in [4.78, 5) is 13.7. The second-order valence-corrected chi connectivity index (χ2v) is 7.23. The van der Waals surface area contributed by atoms with E-state index in [2.05, 4.69) is 5.10 Å². The number of rotatable bonds is 6. The van der Waals surface area contributed by atoms with E-state index in [1.807, 2.05) is 85.8 Å². The second kappa shape index (κ2) is 8.88. The Morgan fingerprint density at radius 1 is 0.774 bits per heavy atom. The van der Waals surface area contributed by atoms with Crippen molar-refractivity contribution in [1.82, 2.24) is 9.78 Å². The van der Waals surface area contributed by atoms with Gasteiger partial charge >= 0.3 is 0 Å². The molecule has 0 bridgehead atoms. The van der Waals surface area contributed by atoms with Gasteiger partial charge < -0.3 is 9.47 Å². The maximum atomic E-state index is 13.7. The van der Waals surface area contributed by atoms with Crippen molar-refractivity contribution >= 4 is 0 Å². The van der Waals surface area contributed by atoms with Gasteiger partial charge in [0.1, 0.15) is 11.5 Å². The molecule has 0 aliphatic carbocycles. The normalized spacial score (nSPS) is 11.7. The van der Waals surface area contributed by atoms with Crippen molar-refractivity contribution in [3.63, 3.8) is 0 Å². The van der Waals surface area contributed by atoms with Crippen LogP contribution in [0.4, 0.5) is 0 Å². The predicted octanol–water partition coefficient (Wildman–Crippen LogP) is 5.20. The summed E-state index contributed by atoms with van der Waals surface area (Å²) >= 11 is 0. The molecule has 0 N–H and O–H groups in total. The van der Waals surface area contributed by atoms with E-state index in [-0.39, 0.29) is 11.6 Å². The quantitative estimate of drug-likeness (QED) is 0.437. The average Bonchev–Trinajstić information content (AvgIpc) is 2.84. The largest absolute Gasteiger partial charge is 0.497 e. The highest BCUT2D eigenvalue weighted by atomic mass is 16.5. The molecule has 4 aromatic rings. The van der Waals surface area contributed by atoms with Gasteiger partial charge in [0.15, 0.2) is 0 Å². The van der Waals surface area contributed by atoms with Crippen LogP contribution in [0.15, 0.2) is 89.9 Å². The van der Waals surface area contributed by atoms with E-state index in [9.17, 15) is 4.79 Å². The van der Waals surface area contributed by atoms with Gasteiger partial charge in [-0.25, -0.2) is 4.68 Å². The number of ether oxygens (including phenoxy) is 2. The first-order chi connectivity index (χ1) is 15.1. The summed E-state index contributed by atoms with van der Waals surface area (Å²) in [6.07, 6.45) is 1.77. The molecule has 0 fully saturated rings. The molecule has 5 heteroatoms. The molecule has 5 nitrogen and oxygen atoms in total. The van der Waals surface area contributed by atoms with Crippen LogP contribution < -0.4 is 15.0 Å². The summed E-state index contributed by atoms with van der Waals surface area (Å²) in [5, 5.41) is 4.54. The lowest BCUT2D eigenvalue weighted by atomic mass is 9.97. The number of hydrogen-bond donors (Lipinski definition) is 0. The molecular weight excluding hydrogens is 388 g/mol. The molecule has 4 rings (SSSR count). The minimum atomic E-state index is -0.199. The zero-order chi connectivity index (χ0) is 21.8. The lowest BCUT2D eigenvalue weighted by molar-refractivity contribution is 0.414. The van der Waals surface area contributed by atoms with Gasteiger partial charge in [-0.2, -0.15) is 5.10 Å². The van der Waals surface area contributed by atoms with Crippen LogP contribution in [0.1, 0.15) is 18.5 Å². The van der Waals surface area contributed by atoms with Crippen molar-refractivity contribution < 1.29 is 9.47 Å². The van der Waals surface area contributed by atoms with E-state index in [1.165, 1.54) is 0 Å². The van der Waals surface area contributed by atoms with Crippen LogP contribution in [-0.4, -0.2) is 24.0 Å². The van der Waals surface area contributed by atoms with Gasteiger partial charge in [0, 0.05) is 5.56 Å². The Hall–Kier alpha value is -3.86. The van der Waals surface area contributed by atoms with Gasteiger partial charge in [-0.3, -0.25) is 4.79 Å². The van der Waals surface area contributed by atoms with Crippen LogP contribution in [-0.2, 0) is 0 Å². The molecule has 0 spiro atoms. The lowest BCUT2D eigenvalue weighted by Gasteiger charge is -2.18. The minimum Gasteiger partial charge on any atom is -0.497 e. The Balaban J connectivity index is 1.90. The summed E-state index contributed by atoms with van der Waals surface area (Å²) in [6, 6.07) is 24.9. The third-order valence-electron chi connectivity index (χ3n) is 5.43. The summed E-state index contributed by atoms with van der Waals surface area (Å²) in [7, 11) is 3.25. The first-order valence-corrected chi connectivity index (χ1v) is 10.1. The van der Waals surface area contributed by atoms with E-state index in [4.69, 9.17) is 9.47 Å². The van der Waals surface area contributed by atoms with Crippen molar-refractivity contribution in [2.45, 2.75) is 13.0 Å². The van der Waals surface area contributed by atoms with E-state index in [1.54, 1.807) is 25.1 Å². The van der Waals surface area contributed by atoms with Crippen molar-refractivity contribution in [1.29, 1.82) is 0 Å². The highest BCUT2D eigenvalue weighted by Crippen LogP contribution is 2.31. The zero-order valence-electron chi connectivity index (χ0n) is 17.8. The fourth-order valence-electron chi connectivity index (χ4n) is 3.64. The predicted molar refractivity (Wildman–Crippen MR) is 123 cm³/mol. The van der Waals surface area contributed by atoms with Gasteiger partial charge in [-0.15, -0.1) is 0 Å². The summed E-state index contributed by atoms with van der Waals surface area (Å²) < 4.78 is 12.1. The molecule has 1 unspecified atom stereocenters. The van der Waals surface area contributed by atoms with Crippen LogP contribution >= 0.6 is 0 Å². The number of aromatic nitrogens is 2. The molecular formula is C26H24N2O3. The lowest BCUT2D eigenvalue weighted by Crippen LogP contribution is -2.28. The third-order valence-corrected chi connectivity index (χ3v) is 5.43. The molecule has 0 aliphatic heterocycles. The maximum absolute atomic E-state index is 13.7. The zero-order valence-corrected chi connectivity index (χ0v) is 17.8. The van der Waals surface area contributed by atoms with E-state index in [0.29, 0.717) is 5.56 Å². The fourth-order valence-corrected chi connectivity index (χ4v) is 3.64. The minimum absolute atomic E-state index is 0.144. The van der Waals surface area contributed by atoms with Crippen molar-refractivity contribution in [3.05, 3.63) is 101 Å². The number of benzene rings is 3. The average molecular weight is 412 g/mol. The Morgan fingerprint density at radius 2 is 1.32 bits per heavy atom. The molecule has 3 aromatic carbocycles. The van der Waals surface area contributed by atoms with Gasteiger partial charge in [-0.05, 0) is 47.9 Å². The Bertz CT molecular complexity index is 1210. The van der Waals surface area contributed by atoms with Crippen LogP contribution in [0.3, 0.4) is 0 Å². The summed E-state index contributed by atoms with van der Waals surface area (Å²) in [6.45, 7) is 1.98. The van der Waals surface area contributed by atoms with Crippen LogP contribution in [0.5, 0.6) is 11.5 Å². The summed E-state index contributed by atoms with van der Waals surface area (Å²) in [5.74, 6) is 1.50. The van der Waals surface area contributed by atoms with Crippen LogP contribution in [0.25, 0.3) is 22.3 Å². The fraction of sp³-hybridized carbons (Fsp3) is 0.154. The SMILES string of the molecule is COc1ccc(-c2cnn(C(C)c3ccccc3)c(=O)c2-c2ccc(OC)cc2)cc1. The molecule has 0 radical (unpaired) electrons. The van der Waals surface area contributed by atoms with Gasteiger partial charge in [-0.1, -0.05) is 54.6 Å². The van der Waals surface area contributed by atoms with Crippen molar-refractivity contribution in [3.8, 4) is 33.8 Å². The molecule has 31 heavy (non-hydrogen) atoms. The second-order valence-electron chi connectivity index (χ2n) is 7.23. The first-order valence-electron chi connectivity index (χ1n) is 10.1. The van der Waals surface area contributed by atoms with E-state index < -0.39 is 0 Å². The molecule has 1 atom stereocenters. The van der Waals surface area contributed by atoms with Crippen molar-refractivity contribution in [2.75, 3.05) is 14.2 Å². The van der Waals surface area contributed by atoms with E-state index in [0.717, 1.165) is 33.8 Å². The highest BCUT2D eigenvalue weighted by molar-refractivity contribution is 5.82. The van der Waals surface area contributed by atoms with Crippen LogP contribution in [0, 0.1) is 0 Å². The third kappa shape index (κ3) is 4.08. The van der Waals surface area contributed by atoms with Gasteiger partial charge in [0.2, 0.25) is 0 Å². The Morgan fingerprint density at radius 3 is 1.87 bits per heavy atom. The number of hydrogen-bond acceptors (Lipinski definition) is 4. The topological polar surface area (TPSA) is 53.4 Å². The highest BCUT2D eigenvalue weighted by Gasteiger charge is 2.19. The van der Waals surface area contributed by atoms with Crippen molar-refractivity contribution in [2.24, 2.45) is 0 Å². The maximum Gasteiger partial charge on any atom is 0.275 e. The molecule has 156 valence electrons. The first kappa shape index (κ1) is 20.4.